The van der Waals surface area contributed by atoms with Crippen LogP contribution in [0.1, 0.15) is 0 Å². The molecule has 100 valence electrons. The van der Waals surface area contributed by atoms with Crippen molar-refractivity contribution in [2.75, 3.05) is 7.11 Å². The van der Waals surface area contributed by atoms with Crippen LogP contribution in [0.2, 0.25) is 0 Å². The number of rotatable bonds is 2. The van der Waals surface area contributed by atoms with Crippen molar-refractivity contribution in [3.8, 4) is 17.1 Å². The fourth-order valence-electron chi connectivity index (χ4n) is 2.05. The summed E-state index contributed by atoms with van der Waals surface area (Å²) in [5.74, 6) is 1.26. The van der Waals surface area contributed by atoms with Crippen molar-refractivity contribution in [3.63, 3.8) is 0 Å². The van der Waals surface area contributed by atoms with Gasteiger partial charge in [0.2, 0.25) is 5.43 Å². The van der Waals surface area contributed by atoms with E-state index in [4.69, 9.17) is 9.15 Å². The van der Waals surface area contributed by atoms with E-state index in [-0.39, 0.29) is 5.43 Å². The first kappa shape index (κ1) is 13.2. The quantitative estimate of drug-likeness (QED) is 0.631. The second-order valence-electron chi connectivity index (χ2n) is 4.30. The average Bonchev–Trinajstić information content (AvgIpc) is 2.51. The summed E-state index contributed by atoms with van der Waals surface area (Å²) in [6.45, 7) is 0. The molecule has 0 aliphatic rings. The molecule has 0 aliphatic carbocycles. The Morgan fingerprint density at radius 1 is 1.10 bits per heavy atom. The molecule has 3 aromatic rings. The number of ether oxygens (including phenoxy) is 1. The second kappa shape index (κ2) is 5.28. The number of hydrogen-bond acceptors (Lipinski definition) is 3. The zero-order chi connectivity index (χ0) is 14.1. The van der Waals surface area contributed by atoms with E-state index in [0.29, 0.717) is 26.0 Å². The lowest BCUT2D eigenvalue weighted by molar-refractivity contribution is 0.414. The molecule has 0 aliphatic heterocycles. The molecule has 0 spiro atoms. The van der Waals surface area contributed by atoms with Gasteiger partial charge in [-0.2, -0.15) is 0 Å². The molecule has 20 heavy (non-hydrogen) atoms. The molecular weight excluding hydrogens is 367 g/mol. The van der Waals surface area contributed by atoms with E-state index in [1.807, 2.05) is 52.9 Å². The maximum Gasteiger partial charge on any atom is 0.206 e. The molecule has 0 fully saturated rings. The topological polar surface area (TPSA) is 39.4 Å². The lowest BCUT2D eigenvalue weighted by Crippen LogP contribution is -2.07. The van der Waals surface area contributed by atoms with Gasteiger partial charge >= 0.3 is 0 Å². The molecule has 0 saturated carbocycles. The fourth-order valence-corrected chi connectivity index (χ4v) is 2.77. The van der Waals surface area contributed by atoms with Crippen molar-refractivity contribution in [3.05, 3.63) is 62.3 Å². The lowest BCUT2D eigenvalue weighted by Gasteiger charge is -2.07. The van der Waals surface area contributed by atoms with Gasteiger partial charge in [-0.3, -0.25) is 4.79 Å². The Labute approximate surface area is 129 Å². The van der Waals surface area contributed by atoms with Crippen LogP contribution in [0.5, 0.6) is 5.75 Å². The molecule has 0 atom stereocenters. The highest BCUT2D eigenvalue weighted by Gasteiger charge is 2.14. The first-order chi connectivity index (χ1) is 9.70. The number of hydrogen-bond donors (Lipinski definition) is 0. The lowest BCUT2D eigenvalue weighted by atomic mass is 10.1. The fraction of sp³-hybridized carbons (Fsp3) is 0.0625. The molecule has 0 bridgehead atoms. The van der Waals surface area contributed by atoms with Crippen LogP contribution in [0.3, 0.4) is 0 Å². The largest absolute Gasteiger partial charge is 0.497 e. The summed E-state index contributed by atoms with van der Waals surface area (Å²) in [7, 11) is 1.59. The smallest absolute Gasteiger partial charge is 0.206 e. The van der Waals surface area contributed by atoms with Crippen LogP contribution in [-0.2, 0) is 0 Å². The van der Waals surface area contributed by atoms with Crippen molar-refractivity contribution in [2.45, 2.75) is 0 Å². The van der Waals surface area contributed by atoms with Crippen molar-refractivity contribution in [1.82, 2.24) is 0 Å². The van der Waals surface area contributed by atoms with E-state index >= 15 is 0 Å². The third-order valence-corrected chi connectivity index (χ3v) is 4.06. The Balaban J connectivity index is 2.34. The summed E-state index contributed by atoms with van der Waals surface area (Å²) in [5.41, 5.74) is 1.40. The third kappa shape index (κ3) is 2.20. The maximum atomic E-state index is 12.4. The molecule has 0 unspecified atom stereocenters. The highest BCUT2D eigenvalue weighted by molar-refractivity contribution is 14.1. The Morgan fingerprint density at radius 3 is 2.55 bits per heavy atom. The molecule has 4 heteroatoms. The summed E-state index contributed by atoms with van der Waals surface area (Å²) >= 11 is 2.04. The molecule has 0 saturated heterocycles. The Morgan fingerprint density at radius 2 is 1.85 bits per heavy atom. The van der Waals surface area contributed by atoms with Crippen molar-refractivity contribution < 1.29 is 9.15 Å². The van der Waals surface area contributed by atoms with Gasteiger partial charge in [-0.15, -0.1) is 0 Å². The molecule has 3 nitrogen and oxygen atoms in total. The van der Waals surface area contributed by atoms with Crippen LogP contribution in [-0.4, -0.2) is 7.11 Å². The minimum Gasteiger partial charge on any atom is -0.497 e. The van der Waals surface area contributed by atoms with Crippen LogP contribution in [0, 0.1) is 3.57 Å². The van der Waals surface area contributed by atoms with E-state index in [2.05, 4.69) is 0 Å². The van der Waals surface area contributed by atoms with Crippen molar-refractivity contribution >= 4 is 33.6 Å². The highest BCUT2D eigenvalue weighted by atomic mass is 127. The number of benzene rings is 2. The van der Waals surface area contributed by atoms with Gasteiger partial charge in [0.25, 0.3) is 0 Å². The number of halogens is 1. The summed E-state index contributed by atoms with van der Waals surface area (Å²) in [5, 5.41) is 0.565. The molecule has 0 radical (unpaired) electrons. The zero-order valence-electron chi connectivity index (χ0n) is 10.7. The molecular formula is C16H11IO3. The summed E-state index contributed by atoms with van der Waals surface area (Å²) in [6.07, 6.45) is 0. The van der Waals surface area contributed by atoms with Gasteiger partial charge in [-0.25, -0.2) is 0 Å². The Kier molecular flexibility index (Phi) is 3.48. The van der Waals surface area contributed by atoms with Crippen molar-refractivity contribution in [2.24, 2.45) is 0 Å². The van der Waals surface area contributed by atoms with Gasteiger partial charge in [0, 0.05) is 11.6 Å². The first-order valence-electron chi connectivity index (χ1n) is 6.06. The number of methoxy groups -OCH3 is 1. The summed E-state index contributed by atoms with van der Waals surface area (Å²) < 4.78 is 11.7. The van der Waals surface area contributed by atoms with Gasteiger partial charge in [0.1, 0.15) is 14.9 Å². The second-order valence-corrected chi connectivity index (χ2v) is 5.38. The van der Waals surface area contributed by atoms with Crippen LogP contribution in [0.25, 0.3) is 22.3 Å². The van der Waals surface area contributed by atoms with Crippen molar-refractivity contribution in [1.29, 1.82) is 0 Å². The zero-order valence-corrected chi connectivity index (χ0v) is 12.9. The summed E-state index contributed by atoms with van der Waals surface area (Å²) in [6, 6.07) is 14.8. The van der Waals surface area contributed by atoms with E-state index < -0.39 is 0 Å². The Hall–Kier alpha value is -1.82. The highest BCUT2D eigenvalue weighted by Crippen LogP contribution is 2.28. The van der Waals surface area contributed by atoms with E-state index in [1.165, 1.54) is 0 Å². The maximum absolute atomic E-state index is 12.4. The molecule has 3 rings (SSSR count). The standard InChI is InChI=1S/C16H11IO3/c1-19-11-7-8-12-13(9-11)20-16(14(17)15(12)18)10-5-3-2-4-6-10/h2-9H,1H3. The molecule has 2 aromatic carbocycles. The average molecular weight is 378 g/mol. The minimum atomic E-state index is -0.0200. The van der Waals surface area contributed by atoms with Crippen LogP contribution >= 0.6 is 22.6 Å². The third-order valence-electron chi connectivity index (χ3n) is 3.08. The van der Waals surface area contributed by atoms with Crippen LogP contribution in [0.15, 0.2) is 57.7 Å². The van der Waals surface area contributed by atoms with Gasteiger partial charge in [0.05, 0.1) is 12.5 Å². The predicted octanol–water partition coefficient (Wildman–Crippen LogP) is 4.07. The summed E-state index contributed by atoms with van der Waals surface area (Å²) in [4.78, 5) is 12.4. The van der Waals surface area contributed by atoms with E-state index in [1.54, 1.807) is 25.3 Å². The van der Waals surface area contributed by atoms with Gasteiger partial charge in [0.15, 0.2) is 5.76 Å². The monoisotopic (exact) mass is 378 g/mol. The molecule has 0 amide bonds. The van der Waals surface area contributed by atoms with Crippen LogP contribution < -0.4 is 10.2 Å². The predicted molar refractivity (Wildman–Crippen MR) is 87.2 cm³/mol. The number of fused-ring (bicyclic) bond motifs is 1. The first-order valence-corrected chi connectivity index (χ1v) is 7.14. The molecule has 1 heterocycles. The molecule has 1 aromatic heterocycles. The van der Waals surface area contributed by atoms with Crippen LogP contribution in [0.4, 0.5) is 0 Å². The Bertz CT molecular complexity index is 822. The SMILES string of the molecule is COc1ccc2c(=O)c(I)c(-c3ccccc3)oc2c1. The van der Waals surface area contributed by atoms with Gasteiger partial charge in [-0.1, -0.05) is 30.3 Å². The normalized spacial score (nSPS) is 10.7. The van der Waals surface area contributed by atoms with E-state index in [0.717, 1.165) is 5.56 Å². The van der Waals surface area contributed by atoms with Gasteiger partial charge in [-0.05, 0) is 34.7 Å². The minimum absolute atomic E-state index is 0.0200. The van der Waals surface area contributed by atoms with Gasteiger partial charge < -0.3 is 9.15 Å². The molecule has 0 N–H and O–H groups in total. The van der Waals surface area contributed by atoms with E-state index in [9.17, 15) is 4.79 Å².